The average molecular weight is 489 g/mol. The summed E-state index contributed by atoms with van der Waals surface area (Å²) < 4.78 is 1.67. The number of carbonyl (C=O) groups is 2. The minimum Gasteiger partial charge on any atom is -0.508 e. The number of amides is 2. The van der Waals surface area contributed by atoms with Crippen LogP contribution < -0.4 is 11.1 Å². The molecule has 9 nitrogen and oxygen atoms in total. The smallest absolute Gasteiger partial charge is 0.254 e. The molecule has 0 unspecified atom stereocenters. The number of benzene rings is 2. The molecule has 1 saturated heterocycles. The molecule has 0 saturated carbocycles. The SMILES string of the molecule is CC.N#CCC1(n2cc(C(N)=O)c(Nc3ccccc3)n2)CCN(C(=O)Cc2ccc(O)cc2)CC1. The van der Waals surface area contributed by atoms with Gasteiger partial charge in [-0.25, -0.2) is 0 Å². The van der Waals surface area contributed by atoms with Gasteiger partial charge in [-0.15, -0.1) is 0 Å². The number of likely N-dealkylation sites (tertiary alicyclic amines) is 1. The van der Waals surface area contributed by atoms with Crippen LogP contribution in [0.15, 0.2) is 60.8 Å². The van der Waals surface area contributed by atoms with E-state index >= 15 is 0 Å². The Bertz CT molecular complexity index is 1210. The fraction of sp³-hybridized carbons (Fsp3) is 0.333. The largest absolute Gasteiger partial charge is 0.508 e. The molecule has 0 spiro atoms. The van der Waals surface area contributed by atoms with E-state index in [1.54, 1.807) is 40.0 Å². The molecule has 1 fully saturated rings. The van der Waals surface area contributed by atoms with Gasteiger partial charge >= 0.3 is 0 Å². The van der Waals surface area contributed by atoms with E-state index in [1.165, 1.54) is 0 Å². The first-order valence-electron chi connectivity index (χ1n) is 12.0. The number of piperidine rings is 1. The van der Waals surface area contributed by atoms with Crippen molar-refractivity contribution in [1.82, 2.24) is 14.7 Å². The van der Waals surface area contributed by atoms with Crippen LogP contribution >= 0.6 is 0 Å². The summed E-state index contributed by atoms with van der Waals surface area (Å²) in [6.45, 7) is 4.93. The average Bonchev–Trinajstić information content (AvgIpc) is 3.32. The number of phenolic OH excluding ortho intramolecular Hbond substituents is 1. The monoisotopic (exact) mass is 488 g/mol. The number of aromatic nitrogens is 2. The van der Waals surface area contributed by atoms with Crippen LogP contribution in [0.5, 0.6) is 5.75 Å². The highest BCUT2D eigenvalue weighted by atomic mass is 16.3. The maximum Gasteiger partial charge on any atom is 0.254 e. The van der Waals surface area contributed by atoms with Crippen molar-refractivity contribution in [2.45, 2.75) is 45.1 Å². The van der Waals surface area contributed by atoms with Crippen molar-refractivity contribution in [3.05, 3.63) is 71.9 Å². The van der Waals surface area contributed by atoms with Gasteiger partial charge in [-0.3, -0.25) is 14.3 Å². The number of rotatable bonds is 7. The first-order valence-corrected chi connectivity index (χ1v) is 12.0. The van der Waals surface area contributed by atoms with Crippen molar-refractivity contribution in [1.29, 1.82) is 5.26 Å². The van der Waals surface area contributed by atoms with Gasteiger partial charge in [0.2, 0.25) is 5.91 Å². The summed E-state index contributed by atoms with van der Waals surface area (Å²) in [5.74, 6) is -0.132. The van der Waals surface area contributed by atoms with Crippen LogP contribution in [0.3, 0.4) is 0 Å². The van der Waals surface area contributed by atoms with Crippen LogP contribution in [0.4, 0.5) is 11.5 Å². The number of hydrogen-bond acceptors (Lipinski definition) is 6. The number of para-hydroxylation sites is 1. The number of nitrogens with one attached hydrogen (secondary N) is 1. The Labute approximate surface area is 211 Å². The third-order valence-electron chi connectivity index (χ3n) is 6.25. The van der Waals surface area contributed by atoms with Gasteiger partial charge in [0, 0.05) is 25.0 Å². The van der Waals surface area contributed by atoms with E-state index < -0.39 is 11.4 Å². The molecule has 188 valence electrons. The lowest BCUT2D eigenvalue weighted by molar-refractivity contribution is -0.132. The van der Waals surface area contributed by atoms with Crippen molar-refractivity contribution in [2.75, 3.05) is 18.4 Å². The molecule has 1 aliphatic heterocycles. The van der Waals surface area contributed by atoms with Crippen molar-refractivity contribution in [2.24, 2.45) is 5.73 Å². The number of nitriles is 1. The highest BCUT2D eigenvalue weighted by molar-refractivity contribution is 5.98. The molecule has 0 bridgehead atoms. The number of anilines is 2. The van der Waals surface area contributed by atoms with Gasteiger partial charge in [0.15, 0.2) is 5.82 Å². The van der Waals surface area contributed by atoms with Crippen LogP contribution in [0, 0.1) is 11.3 Å². The summed E-state index contributed by atoms with van der Waals surface area (Å²) in [4.78, 5) is 26.7. The fourth-order valence-corrected chi connectivity index (χ4v) is 4.25. The van der Waals surface area contributed by atoms with Crippen LogP contribution in [-0.2, 0) is 16.8 Å². The topological polar surface area (TPSA) is 137 Å². The quantitative estimate of drug-likeness (QED) is 0.461. The van der Waals surface area contributed by atoms with Gasteiger partial charge in [0.05, 0.1) is 24.4 Å². The Morgan fingerprint density at radius 1 is 1.11 bits per heavy atom. The van der Waals surface area contributed by atoms with E-state index in [2.05, 4.69) is 16.5 Å². The zero-order valence-electron chi connectivity index (χ0n) is 20.6. The molecule has 2 amide bonds. The zero-order chi connectivity index (χ0) is 26.1. The number of aromatic hydroxyl groups is 1. The van der Waals surface area contributed by atoms with Crippen molar-refractivity contribution in [3.8, 4) is 11.8 Å². The van der Waals surface area contributed by atoms with E-state index in [4.69, 9.17) is 5.73 Å². The molecule has 1 aliphatic rings. The maximum absolute atomic E-state index is 12.8. The molecule has 3 aromatic rings. The van der Waals surface area contributed by atoms with Crippen LogP contribution in [0.1, 0.15) is 49.0 Å². The molecule has 2 heterocycles. The van der Waals surface area contributed by atoms with E-state index in [1.807, 2.05) is 44.2 Å². The van der Waals surface area contributed by atoms with Gasteiger partial charge in [0.1, 0.15) is 11.3 Å². The second kappa shape index (κ2) is 11.9. The fourth-order valence-electron chi connectivity index (χ4n) is 4.25. The third kappa shape index (κ3) is 6.02. The van der Waals surface area contributed by atoms with E-state index in [-0.39, 0.29) is 30.1 Å². The molecular formula is C27H32N6O3. The van der Waals surface area contributed by atoms with E-state index in [0.29, 0.717) is 31.7 Å². The predicted molar refractivity (Wildman–Crippen MR) is 138 cm³/mol. The molecule has 2 aromatic carbocycles. The first-order chi connectivity index (χ1) is 17.4. The lowest BCUT2D eigenvalue weighted by atomic mass is 9.84. The number of carbonyl (C=O) groups excluding carboxylic acids is 2. The van der Waals surface area contributed by atoms with Crippen LogP contribution in [0.25, 0.3) is 0 Å². The van der Waals surface area contributed by atoms with Gasteiger partial charge in [-0.1, -0.05) is 44.2 Å². The van der Waals surface area contributed by atoms with Crippen LogP contribution in [0.2, 0.25) is 0 Å². The number of hydrogen-bond donors (Lipinski definition) is 3. The Morgan fingerprint density at radius 2 is 1.75 bits per heavy atom. The summed E-state index contributed by atoms with van der Waals surface area (Å²) in [7, 11) is 0. The first kappa shape index (κ1) is 26.3. The number of nitrogens with two attached hydrogens (primary N) is 1. The predicted octanol–water partition coefficient (Wildman–Crippen LogP) is 3.93. The van der Waals surface area contributed by atoms with E-state index in [9.17, 15) is 20.0 Å². The van der Waals surface area contributed by atoms with Crippen molar-refractivity contribution >= 4 is 23.3 Å². The van der Waals surface area contributed by atoms with Gasteiger partial charge in [0.25, 0.3) is 5.91 Å². The summed E-state index contributed by atoms with van der Waals surface area (Å²) >= 11 is 0. The normalized spacial score (nSPS) is 14.2. The highest BCUT2D eigenvalue weighted by Gasteiger charge is 2.39. The molecule has 1 aromatic heterocycles. The second-order valence-corrected chi connectivity index (χ2v) is 8.47. The molecule has 4 rings (SSSR count). The van der Waals surface area contributed by atoms with E-state index in [0.717, 1.165) is 11.3 Å². The van der Waals surface area contributed by atoms with Gasteiger partial charge in [-0.2, -0.15) is 10.4 Å². The Kier molecular flexibility index (Phi) is 8.68. The number of nitrogens with zero attached hydrogens (tertiary/aromatic N) is 4. The minimum absolute atomic E-state index is 0.0130. The number of phenols is 1. The van der Waals surface area contributed by atoms with Crippen molar-refractivity contribution < 1.29 is 14.7 Å². The summed E-state index contributed by atoms with van der Waals surface area (Å²) in [5, 5.41) is 26.7. The third-order valence-corrected chi connectivity index (χ3v) is 6.25. The highest BCUT2D eigenvalue weighted by Crippen LogP contribution is 2.35. The van der Waals surface area contributed by atoms with Gasteiger partial charge in [-0.05, 0) is 42.7 Å². The van der Waals surface area contributed by atoms with Crippen LogP contribution in [-0.4, -0.2) is 44.7 Å². The summed E-state index contributed by atoms with van der Waals surface area (Å²) in [6, 6.07) is 18.2. The lowest BCUT2D eigenvalue weighted by Crippen LogP contribution is -2.48. The summed E-state index contributed by atoms with van der Waals surface area (Å²) in [6.07, 6.45) is 3.07. The maximum atomic E-state index is 12.8. The van der Waals surface area contributed by atoms with Crippen molar-refractivity contribution in [3.63, 3.8) is 0 Å². The Hall–Kier alpha value is -4.32. The lowest BCUT2D eigenvalue weighted by Gasteiger charge is -2.40. The standard InChI is InChI=1S/C25H26N6O3.C2H6/c26-13-10-25(11-14-30(15-12-25)22(33)16-18-6-8-20(32)9-7-18)31-17-21(23(27)34)24(29-31)28-19-4-2-1-3-5-19;1-2/h1-9,17,32H,10-12,14-16H2,(H2,27,34)(H,28,29);1-2H3. The molecule has 36 heavy (non-hydrogen) atoms. The summed E-state index contributed by atoms with van der Waals surface area (Å²) in [5.41, 5.74) is 6.79. The Morgan fingerprint density at radius 3 is 2.33 bits per heavy atom. The Balaban J connectivity index is 0.00000176. The second-order valence-electron chi connectivity index (χ2n) is 8.47. The number of primary amides is 1. The molecule has 4 N–H and O–H groups in total. The molecule has 0 aliphatic carbocycles. The van der Waals surface area contributed by atoms with Gasteiger partial charge < -0.3 is 21.1 Å². The molecule has 9 heteroatoms. The molecule has 0 atom stereocenters. The molecule has 0 radical (unpaired) electrons. The minimum atomic E-state index is -0.648. The molecular weight excluding hydrogens is 456 g/mol. The zero-order valence-corrected chi connectivity index (χ0v) is 20.6.